The van der Waals surface area contributed by atoms with Crippen LogP contribution in [0.15, 0.2) is 36.7 Å². The van der Waals surface area contributed by atoms with E-state index in [9.17, 15) is 9.18 Å². The van der Waals surface area contributed by atoms with Crippen LogP contribution < -0.4 is 10.2 Å². The predicted molar refractivity (Wildman–Crippen MR) is 101 cm³/mol. The molecule has 1 aliphatic heterocycles. The molecule has 3 heterocycles. The van der Waals surface area contributed by atoms with Gasteiger partial charge in [-0.1, -0.05) is 12.0 Å². The van der Waals surface area contributed by atoms with E-state index < -0.39 is 0 Å². The molecule has 6 nitrogen and oxygen atoms in total. The number of hydrogen-bond donors (Lipinski definition) is 1. The molecule has 0 aliphatic carbocycles. The zero-order valence-corrected chi connectivity index (χ0v) is 14.8. The maximum absolute atomic E-state index is 14.6. The Morgan fingerprint density at radius 1 is 1.41 bits per heavy atom. The molecule has 4 rings (SSSR count). The van der Waals surface area contributed by atoms with Crippen LogP contribution in [0.1, 0.15) is 36.9 Å². The molecule has 1 saturated heterocycles. The number of hydrogen-bond acceptors (Lipinski definition) is 4. The van der Waals surface area contributed by atoms with Gasteiger partial charge >= 0.3 is 0 Å². The summed E-state index contributed by atoms with van der Waals surface area (Å²) in [5.74, 6) is 2.69. The van der Waals surface area contributed by atoms with Crippen LogP contribution in [0.4, 0.5) is 15.9 Å². The van der Waals surface area contributed by atoms with Crippen LogP contribution in [-0.4, -0.2) is 27.0 Å². The van der Waals surface area contributed by atoms with Gasteiger partial charge < -0.3 is 10.2 Å². The Morgan fingerprint density at radius 3 is 3.00 bits per heavy atom. The second kappa shape index (κ2) is 6.72. The standard InChI is InChI=1S/C20H18FN5O/c1-3-14-6-7-15(16(21)11-14)18-5-4-9-25(18)19-8-10-26-20(24-19)17(12-22-26)23-13(2)27/h1,6-8,10-12,18H,4-5,9H2,2H3,(H,23,27)/t18-/m1/s1. The monoisotopic (exact) mass is 363 g/mol. The molecule has 1 aromatic carbocycles. The van der Waals surface area contributed by atoms with Crippen molar-refractivity contribution in [3.63, 3.8) is 0 Å². The number of fused-ring (bicyclic) bond motifs is 1. The summed E-state index contributed by atoms with van der Waals surface area (Å²) in [6, 6.07) is 6.65. The van der Waals surface area contributed by atoms with Gasteiger partial charge in [-0.2, -0.15) is 5.10 Å². The fourth-order valence-corrected chi connectivity index (χ4v) is 3.55. The summed E-state index contributed by atoms with van der Waals surface area (Å²) >= 11 is 0. The van der Waals surface area contributed by atoms with E-state index in [1.54, 1.807) is 29.0 Å². The van der Waals surface area contributed by atoms with E-state index in [4.69, 9.17) is 6.42 Å². The second-order valence-corrected chi connectivity index (χ2v) is 6.53. The summed E-state index contributed by atoms with van der Waals surface area (Å²) in [6.45, 7) is 2.21. The van der Waals surface area contributed by atoms with Crippen molar-refractivity contribution in [1.29, 1.82) is 0 Å². The maximum Gasteiger partial charge on any atom is 0.221 e. The molecule has 2 aromatic heterocycles. The highest BCUT2D eigenvalue weighted by molar-refractivity contribution is 5.92. The van der Waals surface area contributed by atoms with Crippen molar-refractivity contribution in [3.8, 4) is 12.3 Å². The molecular formula is C20H18FN5O. The maximum atomic E-state index is 14.6. The van der Waals surface area contributed by atoms with Gasteiger partial charge in [0.2, 0.25) is 5.91 Å². The summed E-state index contributed by atoms with van der Waals surface area (Å²) in [6.07, 6.45) is 10.5. The topological polar surface area (TPSA) is 62.5 Å². The number of nitrogens with zero attached hydrogens (tertiary/aromatic N) is 4. The first-order valence-electron chi connectivity index (χ1n) is 8.71. The molecule has 0 unspecified atom stereocenters. The van der Waals surface area contributed by atoms with Crippen molar-refractivity contribution in [1.82, 2.24) is 14.6 Å². The van der Waals surface area contributed by atoms with Crippen LogP contribution in [-0.2, 0) is 4.79 Å². The molecule has 27 heavy (non-hydrogen) atoms. The lowest BCUT2D eigenvalue weighted by Crippen LogP contribution is -2.24. The number of halogens is 1. The number of aromatic nitrogens is 3. The smallest absolute Gasteiger partial charge is 0.221 e. The van der Waals surface area contributed by atoms with Crippen molar-refractivity contribution >= 4 is 23.1 Å². The molecule has 136 valence electrons. The normalized spacial score (nSPS) is 16.5. The first-order chi connectivity index (χ1) is 13.1. The lowest BCUT2D eigenvalue weighted by atomic mass is 10.0. The molecule has 1 fully saturated rings. The molecule has 0 spiro atoms. The predicted octanol–water partition coefficient (Wildman–Crippen LogP) is 3.15. The van der Waals surface area contributed by atoms with E-state index in [1.807, 2.05) is 6.07 Å². The third-order valence-electron chi connectivity index (χ3n) is 4.74. The van der Waals surface area contributed by atoms with Crippen LogP contribution in [0.25, 0.3) is 5.65 Å². The molecule has 3 aromatic rings. The molecule has 0 bridgehead atoms. The summed E-state index contributed by atoms with van der Waals surface area (Å²) in [5.41, 5.74) is 2.24. The number of rotatable bonds is 3. The third-order valence-corrected chi connectivity index (χ3v) is 4.74. The highest BCUT2D eigenvalue weighted by Crippen LogP contribution is 2.37. The zero-order chi connectivity index (χ0) is 19.0. The molecule has 1 atom stereocenters. The van der Waals surface area contributed by atoms with Gasteiger partial charge in [0.05, 0.1) is 12.2 Å². The average Bonchev–Trinajstić information content (AvgIpc) is 3.28. The Morgan fingerprint density at radius 2 is 2.26 bits per heavy atom. The van der Waals surface area contributed by atoms with E-state index in [-0.39, 0.29) is 17.8 Å². The van der Waals surface area contributed by atoms with Crippen LogP contribution in [0.2, 0.25) is 0 Å². The minimum atomic E-state index is -0.299. The number of carbonyl (C=O) groups is 1. The van der Waals surface area contributed by atoms with Gasteiger partial charge in [-0.3, -0.25) is 4.79 Å². The summed E-state index contributed by atoms with van der Waals surface area (Å²) < 4.78 is 16.2. The van der Waals surface area contributed by atoms with Gasteiger partial charge in [0.1, 0.15) is 17.3 Å². The zero-order valence-electron chi connectivity index (χ0n) is 14.8. The number of benzene rings is 1. The molecule has 0 radical (unpaired) electrons. The third kappa shape index (κ3) is 3.10. The van der Waals surface area contributed by atoms with Crippen LogP contribution in [0, 0.1) is 18.2 Å². The minimum Gasteiger partial charge on any atom is -0.349 e. The number of amides is 1. The van der Waals surface area contributed by atoms with Crippen molar-refractivity contribution in [2.75, 3.05) is 16.8 Å². The van der Waals surface area contributed by atoms with Gasteiger partial charge in [-0.15, -0.1) is 6.42 Å². The average molecular weight is 363 g/mol. The Labute approximate surface area is 156 Å². The minimum absolute atomic E-state index is 0.112. The summed E-state index contributed by atoms with van der Waals surface area (Å²) in [5, 5.41) is 6.92. The van der Waals surface area contributed by atoms with Crippen LogP contribution in [0.5, 0.6) is 0 Å². The Kier molecular flexibility index (Phi) is 4.24. The van der Waals surface area contributed by atoms with E-state index >= 15 is 0 Å². The first-order valence-corrected chi connectivity index (χ1v) is 8.71. The molecular weight excluding hydrogens is 345 g/mol. The number of nitrogens with one attached hydrogen (secondary N) is 1. The van der Waals surface area contributed by atoms with Gasteiger partial charge in [-0.25, -0.2) is 13.9 Å². The Bertz CT molecular complexity index is 1070. The number of carbonyl (C=O) groups excluding carboxylic acids is 1. The van der Waals surface area contributed by atoms with Crippen molar-refractivity contribution < 1.29 is 9.18 Å². The second-order valence-electron chi connectivity index (χ2n) is 6.53. The van der Waals surface area contributed by atoms with E-state index in [0.29, 0.717) is 22.5 Å². The van der Waals surface area contributed by atoms with E-state index in [2.05, 4.69) is 26.2 Å². The van der Waals surface area contributed by atoms with E-state index in [1.165, 1.54) is 13.0 Å². The molecule has 7 heteroatoms. The summed E-state index contributed by atoms with van der Waals surface area (Å²) in [7, 11) is 0. The van der Waals surface area contributed by atoms with Gasteiger partial charge in [0.25, 0.3) is 0 Å². The quantitative estimate of drug-likeness (QED) is 0.726. The first kappa shape index (κ1) is 17.0. The summed E-state index contributed by atoms with van der Waals surface area (Å²) in [4.78, 5) is 18.1. The lowest BCUT2D eigenvalue weighted by molar-refractivity contribution is -0.114. The fraction of sp³-hybridized carbons (Fsp3) is 0.250. The van der Waals surface area contributed by atoms with Crippen molar-refractivity contribution in [2.24, 2.45) is 0 Å². The molecule has 0 saturated carbocycles. The van der Waals surface area contributed by atoms with Gasteiger partial charge in [0, 0.05) is 30.8 Å². The number of anilines is 2. The fourth-order valence-electron chi connectivity index (χ4n) is 3.55. The van der Waals surface area contributed by atoms with Gasteiger partial charge in [0.15, 0.2) is 5.65 Å². The van der Waals surface area contributed by atoms with Gasteiger partial charge in [-0.05, 0) is 31.0 Å². The van der Waals surface area contributed by atoms with Crippen LogP contribution in [0.3, 0.4) is 0 Å². The largest absolute Gasteiger partial charge is 0.349 e. The highest BCUT2D eigenvalue weighted by Gasteiger charge is 2.29. The SMILES string of the molecule is C#Cc1ccc([C@H]2CCCN2c2ccn3ncc(NC(C)=O)c3n2)c(F)c1. The Balaban J connectivity index is 1.71. The lowest BCUT2D eigenvalue weighted by Gasteiger charge is -2.26. The molecule has 1 amide bonds. The Hall–Kier alpha value is -3.40. The van der Waals surface area contributed by atoms with E-state index in [0.717, 1.165) is 25.2 Å². The molecule has 1 N–H and O–H groups in total. The highest BCUT2D eigenvalue weighted by atomic mass is 19.1. The van der Waals surface area contributed by atoms with Crippen LogP contribution >= 0.6 is 0 Å². The molecule has 1 aliphatic rings. The number of terminal acetylenes is 1. The van der Waals surface area contributed by atoms with Crippen molar-refractivity contribution in [2.45, 2.75) is 25.8 Å². The van der Waals surface area contributed by atoms with Crippen molar-refractivity contribution in [3.05, 3.63) is 53.6 Å².